The predicted molar refractivity (Wildman–Crippen MR) is 104 cm³/mol. The summed E-state index contributed by atoms with van der Waals surface area (Å²) in [5.74, 6) is 0.642. The number of nitrogens with two attached hydrogens (primary N) is 2. The van der Waals surface area contributed by atoms with Gasteiger partial charge < -0.3 is 16.8 Å². The molecule has 0 fully saturated rings. The van der Waals surface area contributed by atoms with Crippen LogP contribution in [0.4, 0.5) is 0 Å². The predicted octanol–water partition coefficient (Wildman–Crippen LogP) is 3.33. The Morgan fingerprint density at radius 3 is 2.00 bits per heavy atom. The van der Waals surface area contributed by atoms with Crippen molar-refractivity contribution in [3.05, 3.63) is 36.2 Å². The zero-order valence-corrected chi connectivity index (χ0v) is 14.1. The summed E-state index contributed by atoms with van der Waals surface area (Å²) in [6.07, 6.45) is 23.2. The zero-order chi connectivity index (χ0) is 15.9. The first kappa shape index (κ1) is 22.5. The van der Waals surface area contributed by atoms with Crippen LogP contribution in [0.5, 0.6) is 0 Å². The van der Waals surface area contributed by atoms with Crippen LogP contribution in [0, 0.1) is 5.92 Å². The molecule has 0 radical (unpaired) electrons. The van der Waals surface area contributed by atoms with Gasteiger partial charge in [-0.25, -0.2) is 0 Å². The van der Waals surface area contributed by atoms with Crippen LogP contribution in [-0.4, -0.2) is 32.0 Å². The van der Waals surface area contributed by atoms with Gasteiger partial charge in [0.05, 0.1) is 0 Å². The van der Waals surface area contributed by atoms with E-state index in [9.17, 15) is 0 Å². The van der Waals surface area contributed by atoms with Crippen LogP contribution in [0.2, 0.25) is 0 Å². The maximum atomic E-state index is 5.64. The second kappa shape index (κ2) is 16.4. The van der Waals surface area contributed by atoms with E-state index in [1.54, 1.807) is 0 Å². The SMILES string of the molecule is NCCCCCCCCC(CCCCN)C1=CC=CC=CN1.[LiH]. The van der Waals surface area contributed by atoms with Crippen molar-refractivity contribution in [3.8, 4) is 0 Å². The Labute approximate surface area is 155 Å². The molecule has 4 heteroatoms. The molecule has 0 aromatic carbocycles. The third kappa shape index (κ3) is 11.7. The van der Waals surface area contributed by atoms with Crippen LogP contribution < -0.4 is 16.8 Å². The minimum absolute atomic E-state index is 0. The second-order valence-electron chi connectivity index (χ2n) is 6.19. The molecular formula is C19H36LiN3. The van der Waals surface area contributed by atoms with E-state index in [4.69, 9.17) is 11.5 Å². The number of rotatable bonds is 13. The Bertz CT molecular complexity index is 351. The van der Waals surface area contributed by atoms with E-state index in [1.165, 1.54) is 63.5 Å². The quantitative estimate of drug-likeness (QED) is 0.361. The summed E-state index contributed by atoms with van der Waals surface area (Å²) in [4.78, 5) is 0. The number of allylic oxidation sites excluding steroid dienone is 5. The average molecular weight is 313 g/mol. The summed E-state index contributed by atoms with van der Waals surface area (Å²) in [5, 5.41) is 3.45. The first-order valence-electron chi connectivity index (χ1n) is 9.08. The fourth-order valence-electron chi connectivity index (χ4n) is 2.96. The molecule has 1 aliphatic rings. The Hall–Kier alpha value is -0.463. The Morgan fingerprint density at radius 2 is 1.30 bits per heavy atom. The molecule has 0 aliphatic carbocycles. The molecular weight excluding hydrogens is 277 g/mol. The summed E-state index contributed by atoms with van der Waals surface area (Å²) in [7, 11) is 0. The summed E-state index contributed by atoms with van der Waals surface area (Å²) >= 11 is 0. The third-order valence-electron chi connectivity index (χ3n) is 4.30. The number of hydrogen-bond donors (Lipinski definition) is 3. The molecule has 1 atom stereocenters. The van der Waals surface area contributed by atoms with Crippen LogP contribution in [-0.2, 0) is 0 Å². The Morgan fingerprint density at radius 1 is 0.739 bits per heavy atom. The summed E-state index contributed by atoms with van der Waals surface area (Å²) in [6, 6.07) is 0. The molecule has 128 valence electrons. The van der Waals surface area contributed by atoms with Crippen molar-refractivity contribution in [1.82, 2.24) is 5.32 Å². The number of nitrogens with one attached hydrogen (secondary N) is 1. The molecule has 3 nitrogen and oxygen atoms in total. The van der Waals surface area contributed by atoms with Gasteiger partial charge >= 0.3 is 18.9 Å². The van der Waals surface area contributed by atoms with Gasteiger partial charge in [0.2, 0.25) is 0 Å². The Kier molecular flexibility index (Phi) is 16.1. The molecule has 0 bridgehead atoms. The van der Waals surface area contributed by atoms with Gasteiger partial charge in [0.25, 0.3) is 0 Å². The maximum absolute atomic E-state index is 5.64. The molecule has 0 saturated carbocycles. The van der Waals surface area contributed by atoms with E-state index in [1.807, 2.05) is 6.20 Å². The molecule has 0 aromatic rings. The van der Waals surface area contributed by atoms with E-state index in [-0.39, 0.29) is 18.9 Å². The van der Waals surface area contributed by atoms with E-state index in [2.05, 4.69) is 29.6 Å². The molecule has 0 aromatic heterocycles. The second-order valence-corrected chi connectivity index (χ2v) is 6.19. The van der Waals surface area contributed by atoms with E-state index < -0.39 is 0 Å². The summed E-state index contributed by atoms with van der Waals surface area (Å²) in [6.45, 7) is 1.64. The van der Waals surface area contributed by atoms with Gasteiger partial charge in [0, 0.05) is 11.9 Å². The van der Waals surface area contributed by atoms with Crippen molar-refractivity contribution in [3.63, 3.8) is 0 Å². The monoisotopic (exact) mass is 313 g/mol. The molecule has 1 unspecified atom stereocenters. The van der Waals surface area contributed by atoms with E-state index in [0.717, 1.165) is 19.5 Å². The first-order chi connectivity index (χ1) is 10.9. The van der Waals surface area contributed by atoms with Crippen molar-refractivity contribution in [1.29, 1.82) is 0 Å². The van der Waals surface area contributed by atoms with Crippen LogP contribution in [0.15, 0.2) is 36.2 Å². The minimum atomic E-state index is 0. The topological polar surface area (TPSA) is 64.1 Å². The molecule has 0 saturated heterocycles. The van der Waals surface area contributed by atoms with Crippen LogP contribution in [0.25, 0.3) is 0 Å². The van der Waals surface area contributed by atoms with E-state index in [0.29, 0.717) is 5.92 Å². The molecule has 1 heterocycles. The van der Waals surface area contributed by atoms with Crippen molar-refractivity contribution >= 4 is 18.9 Å². The van der Waals surface area contributed by atoms with Gasteiger partial charge in [-0.2, -0.15) is 0 Å². The number of unbranched alkanes of at least 4 members (excludes halogenated alkanes) is 6. The van der Waals surface area contributed by atoms with Gasteiger partial charge in [-0.1, -0.05) is 50.7 Å². The Balaban J connectivity index is 0.00000484. The molecule has 5 N–H and O–H groups in total. The van der Waals surface area contributed by atoms with Crippen LogP contribution in [0.1, 0.15) is 64.2 Å². The fourth-order valence-corrected chi connectivity index (χ4v) is 2.96. The summed E-state index contributed by atoms with van der Waals surface area (Å²) < 4.78 is 0. The van der Waals surface area contributed by atoms with Crippen molar-refractivity contribution in [2.45, 2.75) is 64.2 Å². The van der Waals surface area contributed by atoms with Crippen LogP contribution in [0.3, 0.4) is 0 Å². The van der Waals surface area contributed by atoms with Gasteiger partial charge in [-0.15, -0.1) is 0 Å². The number of hydrogen-bond acceptors (Lipinski definition) is 3. The summed E-state index contributed by atoms with van der Waals surface area (Å²) in [5.41, 5.74) is 12.5. The van der Waals surface area contributed by atoms with Crippen LogP contribution >= 0.6 is 0 Å². The van der Waals surface area contributed by atoms with Gasteiger partial charge in [-0.05, 0) is 56.8 Å². The molecule has 1 rings (SSSR count). The standard InChI is InChI=1S/C19H35N3.Li.H/c20-15-9-4-2-1-3-6-12-18(13-8-10-16-21)19-14-7-5-11-17-22-19;;/h5,7,11,14,17-18,22H,1-4,6,8-10,12-13,15-16,20-21H2;;. The average Bonchev–Trinajstić information content (AvgIpc) is 2.81. The van der Waals surface area contributed by atoms with Crippen molar-refractivity contribution in [2.75, 3.05) is 13.1 Å². The van der Waals surface area contributed by atoms with Crippen molar-refractivity contribution in [2.24, 2.45) is 17.4 Å². The molecule has 23 heavy (non-hydrogen) atoms. The van der Waals surface area contributed by atoms with Gasteiger partial charge in [-0.3, -0.25) is 0 Å². The fraction of sp³-hybridized carbons (Fsp3) is 0.684. The third-order valence-corrected chi connectivity index (χ3v) is 4.30. The van der Waals surface area contributed by atoms with E-state index >= 15 is 0 Å². The normalized spacial score (nSPS) is 14.6. The zero-order valence-electron chi connectivity index (χ0n) is 14.1. The first-order valence-corrected chi connectivity index (χ1v) is 9.08. The van der Waals surface area contributed by atoms with Gasteiger partial charge in [0.1, 0.15) is 0 Å². The molecule has 0 amide bonds. The molecule has 0 spiro atoms. The van der Waals surface area contributed by atoms with Gasteiger partial charge in [0.15, 0.2) is 0 Å². The van der Waals surface area contributed by atoms with Crippen molar-refractivity contribution < 1.29 is 0 Å². The molecule has 1 aliphatic heterocycles.